The predicted octanol–water partition coefficient (Wildman–Crippen LogP) is 6.96. The highest BCUT2D eigenvalue weighted by atomic mass is 16.3. The Balaban J connectivity index is 1.87. The second-order valence-corrected chi connectivity index (χ2v) is 9.64. The van der Waals surface area contributed by atoms with Gasteiger partial charge in [0.05, 0.1) is 11.4 Å². The van der Waals surface area contributed by atoms with Gasteiger partial charge in [0.1, 0.15) is 11.5 Å². The maximum absolute atomic E-state index is 11.4. The van der Waals surface area contributed by atoms with Crippen molar-refractivity contribution >= 4 is 17.1 Å². The third-order valence-corrected chi connectivity index (χ3v) is 6.70. The summed E-state index contributed by atoms with van der Waals surface area (Å²) in [4.78, 5) is 0. The van der Waals surface area contributed by atoms with E-state index in [4.69, 9.17) is 5.41 Å². The lowest BCUT2D eigenvalue weighted by Crippen LogP contribution is -2.23. The molecule has 0 spiro atoms. The van der Waals surface area contributed by atoms with Crippen LogP contribution in [0, 0.1) is 5.41 Å². The Morgan fingerprint density at radius 2 is 1.29 bits per heavy atom. The molecule has 0 amide bonds. The molecule has 0 atom stereocenters. The van der Waals surface area contributed by atoms with E-state index >= 15 is 0 Å². The first kappa shape index (κ1) is 23.2. The van der Waals surface area contributed by atoms with Crippen LogP contribution in [0.5, 0.6) is 5.75 Å². The minimum Gasteiger partial charge on any atom is -0.505 e. The highest BCUT2D eigenvalue weighted by molar-refractivity contribution is 6.50. The second kappa shape index (κ2) is 9.14. The van der Waals surface area contributed by atoms with Crippen LogP contribution in [0.4, 0.5) is 5.69 Å². The van der Waals surface area contributed by atoms with Crippen molar-refractivity contribution in [2.75, 3.05) is 5.43 Å². The van der Waals surface area contributed by atoms with Crippen molar-refractivity contribution < 1.29 is 5.11 Å². The minimum atomic E-state index is -0.447. The average molecular weight is 450 g/mol. The number of nitrogens with one attached hydrogen (secondary N) is 2. The van der Waals surface area contributed by atoms with E-state index < -0.39 is 5.41 Å². The number of phenolic OH excluding ortho intramolecular Hbond substituents is 1. The van der Waals surface area contributed by atoms with Gasteiger partial charge in [0.2, 0.25) is 0 Å². The van der Waals surface area contributed by atoms with Crippen molar-refractivity contribution in [2.24, 2.45) is 5.10 Å². The number of benzene rings is 3. The van der Waals surface area contributed by atoms with E-state index in [9.17, 15) is 5.11 Å². The SMILES string of the molecule is CC(C)(c1ccccc1)c1cc(N/N=C2/C=CC=CC2=N)c(O)c(C(C)(C)c2ccccc2)c1. The molecule has 0 fully saturated rings. The summed E-state index contributed by atoms with van der Waals surface area (Å²) in [6, 6.07) is 24.6. The maximum atomic E-state index is 11.4. The maximum Gasteiger partial charge on any atom is 0.144 e. The van der Waals surface area contributed by atoms with Gasteiger partial charge in [-0.1, -0.05) is 107 Å². The molecule has 4 nitrogen and oxygen atoms in total. The van der Waals surface area contributed by atoms with Crippen LogP contribution >= 0.6 is 0 Å². The molecular weight excluding hydrogens is 418 g/mol. The molecule has 172 valence electrons. The van der Waals surface area contributed by atoms with Crippen LogP contribution < -0.4 is 5.43 Å². The number of allylic oxidation sites excluding steroid dienone is 4. The van der Waals surface area contributed by atoms with Gasteiger partial charge < -0.3 is 5.11 Å². The van der Waals surface area contributed by atoms with Gasteiger partial charge in [0, 0.05) is 16.4 Å². The quantitative estimate of drug-likeness (QED) is 0.216. The third-order valence-electron chi connectivity index (χ3n) is 6.70. The van der Waals surface area contributed by atoms with Crippen LogP contribution in [-0.2, 0) is 10.8 Å². The molecule has 3 aromatic carbocycles. The van der Waals surface area contributed by atoms with E-state index in [1.54, 1.807) is 12.2 Å². The summed E-state index contributed by atoms with van der Waals surface area (Å²) in [6.07, 6.45) is 7.12. The lowest BCUT2D eigenvalue weighted by Gasteiger charge is -2.32. The summed E-state index contributed by atoms with van der Waals surface area (Å²) in [5.74, 6) is 0.160. The number of hydrogen-bond donors (Lipinski definition) is 3. The van der Waals surface area contributed by atoms with Crippen molar-refractivity contribution in [1.29, 1.82) is 5.41 Å². The van der Waals surface area contributed by atoms with Crippen molar-refractivity contribution in [3.05, 3.63) is 119 Å². The molecule has 0 unspecified atom stereocenters. The second-order valence-electron chi connectivity index (χ2n) is 9.64. The van der Waals surface area contributed by atoms with Crippen LogP contribution in [-0.4, -0.2) is 16.5 Å². The Bertz CT molecular complexity index is 1280. The van der Waals surface area contributed by atoms with Crippen LogP contribution in [0.1, 0.15) is 49.9 Å². The highest BCUT2D eigenvalue weighted by Gasteiger charge is 2.32. The molecule has 0 heterocycles. The van der Waals surface area contributed by atoms with Crippen molar-refractivity contribution in [1.82, 2.24) is 0 Å². The van der Waals surface area contributed by atoms with E-state index in [1.807, 2.05) is 54.6 Å². The van der Waals surface area contributed by atoms with Crippen LogP contribution in [0.3, 0.4) is 0 Å². The molecular formula is C30H31N3O. The van der Waals surface area contributed by atoms with E-state index in [0.29, 0.717) is 17.1 Å². The van der Waals surface area contributed by atoms with Crippen LogP contribution in [0.25, 0.3) is 0 Å². The first-order valence-corrected chi connectivity index (χ1v) is 11.5. The number of phenols is 1. The van der Waals surface area contributed by atoms with E-state index in [1.165, 1.54) is 5.56 Å². The first-order chi connectivity index (χ1) is 16.2. The number of aromatic hydroxyl groups is 1. The zero-order valence-electron chi connectivity index (χ0n) is 20.1. The Labute approximate surface area is 201 Å². The van der Waals surface area contributed by atoms with Gasteiger partial charge in [-0.2, -0.15) is 5.10 Å². The Morgan fingerprint density at radius 1 is 0.735 bits per heavy atom. The van der Waals surface area contributed by atoms with Crippen LogP contribution in [0.2, 0.25) is 0 Å². The molecule has 3 aromatic rings. The summed E-state index contributed by atoms with van der Waals surface area (Å²) in [6.45, 7) is 8.62. The van der Waals surface area contributed by atoms with Gasteiger partial charge in [-0.05, 0) is 34.9 Å². The summed E-state index contributed by atoms with van der Waals surface area (Å²) < 4.78 is 0. The Kier molecular flexibility index (Phi) is 6.25. The Morgan fingerprint density at radius 3 is 1.88 bits per heavy atom. The molecule has 0 aliphatic heterocycles. The predicted molar refractivity (Wildman–Crippen MR) is 142 cm³/mol. The molecule has 1 aliphatic carbocycles. The fourth-order valence-electron chi connectivity index (χ4n) is 4.28. The number of hydrazone groups is 1. The fourth-order valence-corrected chi connectivity index (χ4v) is 4.28. The first-order valence-electron chi connectivity index (χ1n) is 11.5. The summed E-state index contributed by atoms with van der Waals surface area (Å²) >= 11 is 0. The van der Waals surface area contributed by atoms with Crippen LogP contribution in [0.15, 0.2) is 102 Å². The van der Waals surface area contributed by atoms with Crippen molar-refractivity contribution in [3.63, 3.8) is 0 Å². The third kappa shape index (κ3) is 4.44. The van der Waals surface area contributed by atoms with Gasteiger partial charge in [-0.25, -0.2) is 0 Å². The smallest absolute Gasteiger partial charge is 0.144 e. The molecule has 1 aliphatic rings. The monoisotopic (exact) mass is 449 g/mol. The molecule has 4 rings (SSSR count). The molecule has 0 saturated heterocycles. The number of nitrogens with zero attached hydrogens (tertiary/aromatic N) is 1. The molecule has 3 N–H and O–H groups in total. The van der Waals surface area contributed by atoms with Crippen molar-refractivity contribution in [2.45, 2.75) is 38.5 Å². The van der Waals surface area contributed by atoms with E-state index in [2.05, 4.69) is 68.6 Å². The standard InChI is InChI=1S/C30H31N3O/c1-29(2,21-13-7-5-8-14-21)23-19-24(30(3,4)22-15-9-6-10-16-22)28(34)27(20-23)33-32-26-18-12-11-17-25(26)31/h5-20,31,33-34H,1-4H3/b31-25?,32-26-. The minimum absolute atomic E-state index is 0.160. The summed E-state index contributed by atoms with van der Waals surface area (Å²) in [7, 11) is 0. The van der Waals surface area contributed by atoms with Gasteiger partial charge in [-0.3, -0.25) is 10.8 Å². The van der Waals surface area contributed by atoms with Gasteiger partial charge in [-0.15, -0.1) is 0 Å². The zero-order chi connectivity index (χ0) is 24.3. The number of anilines is 1. The molecule has 0 bridgehead atoms. The normalized spacial score (nSPS) is 15.1. The number of rotatable bonds is 6. The zero-order valence-corrected chi connectivity index (χ0v) is 20.1. The molecule has 0 saturated carbocycles. The van der Waals surface area contributed by atoms with Crippen molar-refractivity contribution in [3.8, 4) is 5.75 Å². The molecule has 4 heteroatoms. The molecule has 0 radical (unpaired) electrons. The van der Waals surface area contributed by atoms with E-state index in [-0.39, 0.29) is 11.2 Å². The van der Waals surface area contributed by atoms with Gasteiger partial charge in [0.25, 0.3) is 0 Å². The highest BCUT2D eigenvalue weighted by Crippen LogP contribution is 2.44. The molecule has 34 heavy (non-hydrogen) atoms. The average Bonchev–Trinajstić information content (AvgIpc) is 2.85. The number of hydrogen-bond acceptors (Lipinski definition) is 4. The Hall–Kier alpha value is -3.92. The summed E-state index contributed by atoms with van der Waals surface area (Å²) in [5, 5.41) is 24.0. The topological polar surface area (TPSA) is 68.5 Å². The lowest BCUT2D eigenvalue weighted by atomic mass is 9.72. The van der Waals surface area contributed by atoms with Gasteiger partial charge >= 0.3 is 0 Å². The largest absolute Gasteiger partial charge is 0.505 e. The fraction of sp³-hybridized carbons (Fsp3) is 0.200. The molecule has 0 aromatic heterocycles. The van der Waals surface area contributed by atoms with E-state index in [0.717, 1.165) is 16.7 Å². The summed E-state index contributed by atoms with van der Waals surface area (Å²) in [5.41, 5.74) is 7.82. The van der Waals surface area contributed by atoms with Gasteiger partial charge in [0.15, 0.2) is 0 Å². The lowest BCUT2D eigenvalue weighted by molar-refractivity contribution is 0.453.